The molecule has 1 aromatic heterocycles. The van der Waals surface area contributed by atoms with E-state index in [1.54, 1.807) is 6.20 Å². The molecule has 0 fully saturated rings. The molecule has 0 amide bonds. The van der Waals surface area contributed by atoms with Crippen LogP contribution in [0.2, 0.25) is 0 Å². The molecule has 0 aliphatic heterocycles. The zero-order valence-corrected chi connectivity index (χ0v) is 9.67. The maximum Gasteiger partial charge on any atom is 0.101 e. The minimum absolute atomic E-state index is 0.973. The summed E-state index contributed by atoms with van der Waals surface area (Å²) in [4.78, 5) is 0. The minimum atomic E-state index is 0.973. The second-order valence-corrected chi connectivity index (χ2v) is 4.46. The molecule has 18 heavy (non-hydrogen) atoms. The SMILES string of the molecule is c1ccc2cc3c(ccc4ccnnc43)cc2c1. The summed E-state index contributed by atoms with van der Waals surface area (Å²) in [6.07, 6.45) is 1.73. The molecule has 0 atom stereocenters. The highest BCUT2D eigenvalue weighted by atomic mass is 15.1. The van der Waals surface area contributed by atoms with Crippen LogP contribution < -0.4 is 0 Å². The molecule has 0 saturated carbocycles. The van der Waals surface area contributed by atoms with Gasteiger partial charge in [0.05, 0.1) is 6.20 Å². The second kappa shape index (κ2) is 3.50. The summed E-state index contributed by atoms with van der Waals surface area (Å²) in [6, 6.07) is 19.0. The topological polar surface area (TPSA) is 25.8 Å². The van der Waals surface area contributed by atoms with Crippen LogP contribution in [0.15, 0.2) is 60.8 Å². The first-order valence-electron chi connectivity index (χ1n) is 5.95. The minimum Gasteiger partial charge on any atom is -0.158 e. The second-order valence-electron chi connectivity index (χ2n) is 4.46. The van der Waals surface area contributed by atoms with Crippen molar-refractivity contribution < 1.29 is 0 Å². The lowest BCUT2D eigenvalue weighted by molar-refractivity contribution is 1.08. The molecule has 1 heterocycles. The lowest BCUT2D eigenvalue weighted by Crippen LogP contribution is -1.85. The highest BCUT2D eigenvalue weighted by molar-refractivity contribution is 6.10. The van der Waals surface area contributed by atoms with Crippen LogP contribution in [0, 0.1) is 0 Å². The van der Waals surface area contributed by atoms with Crippen molar-refractivity contribution >= 4 is 32.4 Å². The summed E-state index contributed by atoms with van der Waals surface area (Å²) in [5.41, 5.74) is 0.973. The van der Waals surface area contributed by atoms with Crippen LogP contribution in [0.1, 0.15) is 0 Å². The molecule has 0 saturated heterocycles. The van der Waals surface area contributed by atoms with E-state index in [0.29, 0.717) is 0 Å². The molecule has 2 heteroatoms. The van der Waals surface area contributed by atoms with Gasteiger partial charge in [0.2, 0.25) is 0 Å². The molecule has 0 radical (unpaired) electrons. The molecule has 0 aliphatic rings. The Morgan fingerprint density at radius 2 is 1.44 bits per heavy atom. The molecule has 4 aromatic rings. The predicted octanol–water partition coefficient (Wildman–Crippen LogP) is 3.94. The first-order chi connectivity index (χ1) is 8.92. The van der Waals surface area contributed by atoms with Crippen LogP contribution in [-0.2, 0) is 0 Å². The largest absolute Gasteiger partial charge is 0.158 e. The molecular formula is C16H10N2. The van der Waals surface area contributed by atoms with Gasteiger partial charge >= 0.3 is 0 Å². The van der Waals surface area contributed by atoms with Crippen LogP contribution in [0.5, 0.6) is 0 Å². The van der Waals surface area contributed by atoms with Crippen molar-refractivity contribution in [3.63, 3.8) is 0 Å². The van der Waals surface area contributed by atoms with E-state index >= 15 is 0 Å². The van der Waals surface area contributed by atoms with E-state index in [4.69, 9.17) is 0 Å². The monoisotopic (exact) mass is 230 g/mol. The first-order valence-corrected chi connectivity index (χ1v) is 5.95. The van der Waals surface area contributed by atoms with Gasteiger partial charge in [-0.1, -0.05) is 36.4 Å². The summed E-state index contributed by atoms with van der Waals surface area (Å²) in [5.74, 6) is 0. The number of hydrogen-bond donors (Lipinski definition) is 0. The van der Waals surface area contributed by atoms with Crippen molar-refractivity contribution in [2.24, 2.45) is 0 Å². The maximum absolute atomic E-state index is 4.27. The Morgan fingerprint density at radius 1 is 0.667 bits per heavy atom. The number of benzene rings is 3. The van der Waals surface area contributed by atoms with Gasteiger partial charge in [-0.15, -0.1) is 5.10 Å². The maximum atomic E-state index is 4.27. The van der Waals surface area contributed by atoms with E-state index in [1.165, 1.54) is 21.5 Å². The Kier molecular flexibility index (Phi) is 1.86. The summed E-state index contributed by atoms with van der Waals surface area (Å²) < 4.78 is 0. The molecule has 0 N–H and O–H groups in total. The van der Waals surface area contributed by atoms with E-state index in [0.717, 1.165) is 10.9 Å². The van der Waals surface area contributed by atoms with Gasteiger partial charge in [-0.05, 0) is 34.4 Å². The molecule has 0 aliphatic carbocycles. The lowest BCUT2D eigenvalue weighted by Gasteiger charge is -2.04. The average molecular weight is 230 g/mol. The highest BCUT2D eigenvalue weighted by Crippen LogP contribution is 2.27. The zero-order valence-electron chi connectivity index (χ0n) is 9.67. The quantitative estimate of drug-likeness (QED) is 0.338. The van der Waals surface area contributed by atoms with E-state index in [2.05, 4.69) is 58.7 Å². The number of aromatic nitrogens is 2. The van der Waals surface area contributed by atoms with Crippen LogP contribution >= 0.6 is 0 Å². The smallest absolute Gasteiger partial charge is 0.101 e. The van der Waals surface area contributed by atoms with Crippen LogP contribution in [0.4, 0.5) is 0 Å². The molecule has 0 spiro atoms. The molecular weight excluding hydrogens is 220 g/mol. The Morgan fingerprint density at radius 3 is 2.33 bits per heavy atom. The van der Waals surface area contributed by atoms with Gasteiger partial charge in [-0.2, -0.15) is 5.10 Å². The van der Waals surface area contributed by atoms with Crippen molar-refractivity contribution in [3.05, 3.63) is 60.8 Å². The standard InChI is InChI=1S/C16H10N2/c1-2-4-13-10-15-14(9-12(13)3-1)6-5-11-7-8-17-18-16(11)15/h1-10H. The summed E-state index contributed by atoms with van der Waals surface area (Å²) in [5, 5.41) is 14.3. The first kappa shape index (κ1) is 9.54. The van der Waals surface area contributed by atoms with E-state index in [-0.39, 0.29) is 0 Å². The fourth-order valence-corrected chi connectivity index (χ4v) is 2.47. The van der Waals surface area contributed by atoms with Gasteiger partial charge in [0.15, 0.2) is 0 Å². The highest BCUT2D eigenvalue weighted by Gasteiger charge is 2.03. The summed E-state index contributed by atoms with van der Waals surface area (Å²) in [6.45, 7) is 0. The van der Waals surface area contributed by atoms with Crippen LogP contribution in [-0.4, -0.2) is 10.2 Å². The third-order valence-corrected chi connectivity index (χ3v) is 3.37. The van der Waals surface area contributed by atoms with Crippen molar-refractivity contribution in [3.8, 4) is 0 Å². The Balaban J connectivity index is 2.27. The predicted molar refractivity (Wildman–Crippen MR) is 74.6 cm³/mol. The Hall–Kier alpha value is -2.48. The van der Waals surface area contributed by atoms with Crippen LogP contribution in [0.3, 0.4) is 0 Å². The molecule has 3 aromatic carbocycles. The number of hydrogen-bond acceptors (Lipinski definition) is 2. The summed E-state index contributed by atoms with van der Waals surface area (Å²) in [7, 11) is 0. The molecule has 4 rings (SSSR count). The van der Waals surface area contributed by atoms with Gasteiger partial charge in [-0.25, -0.2) is 0 Å². The van der Waals surface area contributed by atoms with Crippen molar-refractivity contribution in [1.29, 1.82) is 0 Å². The van der Waals surface area contributed by atoms with E-state index in [9.17, 15) is 0 Å². The molecule has 0 bridgehead atoms. The lowest BCUT2D eigenvalue weighted by atomic mass is 10.0. The van der Waals surface area contributed by atoms with E-state index in [1.807, 2.05) is 6.07 Å². The van der Waals surface area contributed by atoms with Gasteiger partial charge in [0.25, 0.3) is 0 Å². The van der Waals surface area contributed by atoms with Gasteiger partial charge in [-0.3, -0.25) is 0 Å². The third kappa shape index (κ3) is 1.29. The Labute approximate surface area is 104 Å². The van der Waals surface area contributed by atoms with Crippen molar-refractivity contribution in [2.45, 2.75) is 0 Å². The third-order valence-electron chi connectivity index (χ3n) is 3.37. The summed E-state index contributed by atoms with van der Waals surface area (Å²) >= 11 is 0. The number of rotatable bonds is 0. The van der Waals surface area contributed by atoms with Crippen LogP contribution in [0.25, 0.3) is 32.4 Å². The van der Waals surface area contributed by atoms with Crippen molar-refractivity contribution in [1.82, 2.24) is 10.2 Å². The molecule has 84 valence electrons. The number of fused-ring (bicyclic) bond motifs is 4. The number of nitrogens with zero attached hydrogens (tertiary/aromatic N) is 2. The van der Waals surface area contributed by atoms with Gasteiger partial charge in [0.1, 0.15) is 5.52 Å². The average Bonchev–Trinajstić information content (AvgIpc) is 2.45. The zero-order chi connectivity index (χ0) is 11.9. The van der Waals surface area contributed by atoms with Gasteiger partial charge < -0.3 is 0 Å². The fraction of sp³-hybridized carbons (Fsp3) is 0. The van der Waals surface area contributed by atoms with Crippen molar-refractivity contribution in [2.75, 3.05) is 0 Å². The Bertz CT molecular complexity index is 875. The fourth-order valence-electron chi connectivity index (χ4n) is 2.47. The van der Waals surface area contributed by atoms with Gasteiger partial charge in [0, 0.05) is 10.8 Å². The normalized spacial score (nSPS) is 11.3. The molecule has 0 unspecified atom stereocenters. The van der Waals surface area contributed by atoms with E-state index < -0.39 is 0 Å². The molecule has 2 nitrogen and oxygen atoms in total.